The van der Waals surface area contributed by atoms with Gasteiger partial charge >= 0.3 is 0 Å². The summed E-state index contributed by atoms with van der Waals surface area (Å²) in [6.07, 6.45) is 2.67. The van der Waals surface area contributed by atoms with E-state index in [1.54, 1.807) is 0 Å². The highest BCUT2D eigenvalue weighted by Gasteiger charge is 2.40. The summed E-state index contributed by atoms with van der Waals surface area (Å²) in [5, 5.41) is 0. The minimum Gasteiger partial charge on any atom is -0.378 e. The quantitative estimate of drug-likeness (QED) is 0.622. The molecule has 12 heavy (non-hydrogen) atoms. The molecule has 2 atom stereocenters. The lowest BCUT2D eigenvalue weighted by atomic mass is 9.77. The minimum atomic E-state index is 0.260. The van der Waals surface area contributed by atoms with Crippen LogP contribution in [0.2, 0.25) is 0 Å². The first-order valence-electron chi connectivity index (χ1n) is 4.78. The fraction of sp³-hybridized carbons (Fsp3) is 1.00. The summed E-state index contributed by atoms with van der Waals surface area (Å²) in [4.78, 5) is 0. The zero-order chi connectivity index (χ0) is 9.19. The Morgan fingerprint density at radius 3 is 2.58 bits per heavy atom. The summed E-state index contributed by atoms with van der Waals surface area (Å²) < 4.78 is 5.58. The van der Waals surface area contributed by atoms with Crippen LogP contribution in [0.4, 0.5) is 0 Å². The molecule has 1 aliphatic rings. The summed E-state index contributed by atoms with van der Waals surface area (Å²) in [7, 11) is 0. The van der Waals surface area contributed by atoms with Gasteiger partial charge in [-0.1, -0.05) is 13.8 Å². The van der Waals surface area contributed by atoms with Crippen LogP contribution in [0.5, 0.6) is 0 Å². The average molecular weight is 191 g/mol. The number of halogens is 1. The van der Waals surface area contributed by atoms with Crippen molar-refractivity contribution in [3.63, 3.8) is 0 Å². The molecule has 0 saturated carbocycles. The maximum atomic E-state index is 6.02. The average Bonchev–Trinajstić information content (AvgIpc) is 2.32. The lowest BCUT2D eigenvalue weighted by molar-refractivity contribution is 0.0635. The summed E-state index contributed by atoms with van der Waals surface area (Å²) in [6, 6.07) is 0. The van der Waals surface area contributed by atoms with E-state index in [1.807, 2.05) is 0 Å². The summed E-state index contributed by atoms with van der Waals surface area (Å²) in [5.41, 5.74) is 0.260. The van der Waals surface area contributed by atoms with E-state index in [4.69, 9.17) is 16.3 Å². The van der Waals surface area contributed by atoms with E-state index in [9.17, 15) is 0 Å². The highest BCUT2D eigenvalue weighted by molar-refractivity contribution is 6.18. The zero-order valence-corrected chi connectivity index (χ0v) is 9.03. The predicted molar refractivity (Wildman–Crippen MR) is 52.6 cm³/mol. The van der Waals surface area contributed by atoms with Crippen molar-refractivity contribution in [1.82, 2.24) is 0 Å². The van der Waals surface area contributed by atoms with Gasteiger partial charge in [-0.25, -0.2) is 0 Å². The van der Waals surface area contributed by atoms with Gasteiger partial charge in [0.2, 0.25) is 0 Å². The van der Waals surface area contributed by atoms with E-state index in [2.05, 4.69) is 20.8 Å². The molecule has 0 aromatic carbocycles. The third kappa shape index (κ3) is 1.94. The van der Waals surface area contributed by atoms with Gasteiger partial charge in [0.15, 0.2) is 0 Å². The van der Waals surface area contributed by atoms with Gasteiger partial charge in [0, 0.05) is 17.9 Å². The monoisotopic (exact) mass is 190 g/mol. The highest BCUT2D eigenvalue weighted by atomic mass is 35.5. The number of hydrogen-bond donors (Lipinski definition) is 0. The van der Waals surface area contributed by atoms with Crippen LogP contribution in [-0.2, 0) is 4.74 Å². The van der Waals surface area contributed by atoms with Crippen LogP contribution in [-0.4, -0.2) is 18.6 Å². The van der Waals surface area contributed by atoms with Crippen molar-refractivity contribution in [2.75, 3.05) is 12.5 Å². The van der Waals surface area contributed by atoms with Gasteiger partial charge in [-0.15, -0.1) is 11.6 Å². The first-order valence-corrected chi connectivity index (χ1v) is 5.32. The van der Waals surface area contributed by atoms with Gasteiger partial charge in [-0.2, -0.15) is 0 Å². The van der Waals surface area contributed by atoms with Gasteiger partial charge < -0.3 is 4.74 Å². The fourth-order valence-electron chi connectivity index (χ4n) is 2.13. The van der Waals surface area contributed by atoms with Crippen molar-refractivity contribution in [3.8, 4) is 0 Å². The van der Waals surface area contributed by atoms with Crippen LogP contribution in [0.25, 0.3) is 0 Å². The van der Waals surface area contributed by atoms with Crippen LogP contribution in [0.1, 0.15) is 33.6 Å². The number of ether oxygens (including phenoxy) is 1. The fourth-order valence-corrected chi connectivity index (χ4v) is 2.59. The Kier molecular flexibility index (Phi) is 3.42. The topological polar surface area (TPSA) is 9.23 Å². The molecule has 0 aliphatic carbocycles. The molecule has 0 aromatic rings. The van der Waals surface area contributed by atoms with E-state index in [0.29, 0.717) is 12.0 Å². The van der Waals surface area contributed by atoms with Crippen molar-refractivity contribution < 1.29 is 4.74 Å². The Bertz CT molecular complexity index is 147. The molecule has 0 aromatic heterocycles. The third-order valence-electron chi connectivity index (χ3n) is 2.91. The predicted octanol–water partition coefficient (Wildman–Crippen LogP) is 3.07. The van der Waals surface area contributed by atoms with Gasteiger partial charge in [0.25, 0.3) is 0 Å². The molecule has 72 valence electrons. The Morgan fingerprint density at radius 1 is 1.58 bits per heavy atom. The standard InChI is InChI=1S/C10H19ClO/c1-8(2)6-10(7-11)4-5-12-9(10)3/h8-9H,4-7H2,1-3H3. The first kappa shape index (κ1) is 10.3. The van der Waals surface area contributed by atoms with E-state index < -0.39 is 0 Å². The van der Waals surface area contributed by atoms with E-state index in [-0.39, 0.29) is 5.41 Å². The number of hydrogen-bond acceptors (Lipinski definition) is 1. The number of rotatable bonds is 3. The van der Waals surface area contributed by atoms with Crippen LogP contribution in [0, 0.1) is 11.3 Å². The molecule has 0 bridgehead atoms. The Hall–Kier alpha value is 0.250. The van der Waals surface area contributed by atoms with Crippen molar-refractivity contribution in [2.45, 2.75) is 39.7 Å². The molecule has 2 unspecified atom stereocenters. The molecular weight excluding hydrogens is 172 g/mol. The SMILES string of the molecule is CC(C)CC1(CCl)CCOC1C. The van der Waals surface area contributed by atoms with Crippen molar-refractivity contribution in [3.05, 3.63) is 0 Å². The molecule has 1 aliphatic heterocycles. The molecule has 2 heteroatoms. The van der Waals surface area contributed by atoms with Crippen molar-refractivity contribution in [1.29, 1.82) is 0 Å². The summed E-state index contributed by atoms with van der Waals surface area (Å²) >= 11 is 6.02. The summed E-state index contributed by atoms with van der Waals surface area (Å²) in [6.45, 7) is 7.54. The molecular formula is C10H19ClO. The minimum absolute atomic E-state index is 0.260. The molecule has 1 saturated heterocycles. The zero-order valence-electron chi connectivity index (χ0n) is 8.27. The highest BCUT2D eigenvalue weighted by Crippen LogP contribution is 2.41. The van der Waals surface area contributed by atoms with Crippen LogP contribution >= 0.6 is 11.6 Å². The first-order chi connectivity index (χ1) is 5.60. The van der Waals surface area contributed by atoms with E-state index in [1.165, 1.54) is 6.42 Å². The largest absolute Gasteiger partial charge is 0.378 e. The van der Waals surface area contributed by atoms with Gasteiger partial charge in [-0.3, -0.25) is 0 Å². The second kappa shape index (κ2) is 3.97. The smallest absolute Gasteiger partial charge is 0.0615 e. The molecule has 1 heterocycles. The van der Waals surface area contributed by atoms with Gasteiger partial charge in [0.1, 0.15) is 0 Å². The Labute approximate surface area is 80.4 Å². The lowest BCUT2D eigenvalue weighted by Crippen LogP contribution is -2.32. The van der Waals surface area contributed by atoms with E-state index in [0.717, 1.165) is 18.9 Å². The normalized spacial score (nSPS) is 36.2. The molecule has 0 radical (unpaired) electrons. The van der Waals surface area contributed by atoms with E-state index >= 15 is 0 Å². The molecule has 1 rings (SSSR count). The van der Waals surface area contributed by atoms with Gasteiger partial charge in [-0.05, 0) is 25.7 Å². The second-order valence-electron chi connectivity index (χ2n) is 4.36. The second-order valence-corrected chi connectivity index (χ2v) is 4.62. The third-order valence-corrected chi connectivity index (χ3v) is 3.44. The molecule has 1 fully saturated rings. The molecule has 0 spiro atoms. The van der Waals surface area contributed by atoms with Crippen molar-refractivity contribution in [2.24, 2.45) is 11.3 Å². The maximum Gasteiger partial charge on any atom is 0.0615 e. The van der Waals surface area contributed by atoms with Gasteiger partial charge in [0.05, 0.1) is 6.10 Å². The maximum absolute atomic E-state index is 6.02. The Morgan fingerprint density at radius 2 is 2.25 bits per heavy atom. The summed E-state index contributed by atoms with van der Waals surface area (Å²) in [5.74, 6) is 1.46. The van der Waals surface area contributed by atoms with Crippen LogP contribution < -0.4 is 0 Å². The van der Waals surface area contributed by atoms with Crippen LogP contribution in [0.3, 0.4) is 0 Å². The van der Waals surface area contributed by atoms with Crippen LogP contribution in [0.15, 0.2) is 0 Å². The number of alkyl halides is 1. The molecule has 1 nitrogen and oxygen atoms in total. The molecule has 0 N–H and O–H groups in total. The lowest BCUT2D eigenvalue weighted by Gasteiger charge is -2.31. The van der Waals surface area contributed by atoms with Crippen molar-refractivity contribution >= 4 is 11.6 Å². The Balaban J connectivity index is 2.61. The molecule has 0 amide bonds.